The second kappa shape index (κ2) is 12.0. The standard InChI is InChI=1S/C26H29N3O4S/c1-32-13-12-29(14-21(30)17-33-16-19-8-4-2-5-9-19)15-23-27-25(31)24-22(18-34-26(24)28-23)20-10-6-3-7-11-20/h2-11,18,21,30H,12-17H2,1H3,(H,27,28,31). The van der Waals surface area contributed by atoms with Crippen LogP contribution in [0.4, 0.5) is 0 Å². The number of aromatic nitrogens is 2. The van der Waals surface area contributed by atoms with E-state index in [9.17, 15) is 9.90 Å². The highest BCUT2D eigenvalue weighted by atomic mass is 32.1. The highest BCUT2D eigenvalue weighted by molar-refractivity contribution is 7.17. The fourth-order valence-electron chi connectivity index (χ4n) is 3.80. The van der Waals surface area contributed by atoms with Crippen LogP contribution in [0.1, 0.15) is 11.4 Å². The van der Waals surface area contributed by atoms with Crippen molar-refractivity contribution in [2.75, 3.05) is 33.4 Å². The van der Waals surface area contributed by atoms with E-state index in [0.29, 0.717) is 48.9 Å². The highest BCUT2D eigenvalue weighted by Gasteiger charge is 2.17. The molecule has 0 radical (unpaired) electrons. The second-order valence-electron chi connectivity index (χ2n) is 8.09. The predicted molar refractivity (Wildman–Crippen MR) is 135 cm³/mol. The third kappa shape index (κ3) is 6.37. The average molecular weight is 480 g/mol. The van der Waals surface area contributed by atoms with Gasteiger partial charge in [-0.25, -0.2) is 4.98 Å². The minimum Gasteiger partial charge on any atom is -0.389 e. The van der Waals surface area contributed by atoms with E-state index >= 15 is 0 Å². The Hall–Kier alpha value is -2.88. The van der Waals surface area contributed by atoms with E-state index in [2.05, 4.69) is 4.98 Å². The number of benzene rings is 2. The number of hydrogen-bond donors (Lipinski definition) is 2. The number of rotatable bonds is 12. The summed E-state index contributed by atoms with van der Waals surface area (Å²) in [5, 5.41) is 13.1. The summed E-state index contributed by atoms with van der Waals surface area (Å²) in [5.41, 5.74) is 2.79. The molecule has 34 heavy (non-hydrogen) atoms. The zero-order chi connectivity index (χ0) is 23.8. The number of methoxy groups -OCH3 is 1. The molecule has 0 saturated heterocycles. The largest absolute Gasteiger partial charge is 0.389 e. The van der Waals surface area contributed by atoms with Crippen LogP contribution < -0.4 is 5.56 Å². The van der Waals surface area contributed by atoms with Crippen LogP contribution in [0.5, 0.6) is 0 Å². The second-order valence-corrected chi connectivity index (χ2v) is 8.95. The molecule has 0 aliphatic rings. The predicted octanol–water partition coefficient (Wildman–Crippen LogP) is 3.68. The Bertz CT molecular complexity index is 1230. The van der Waals surface area contributed by atoms with Gasteiger partial charge in [-0.3, -0.25) is 9.69 Å². The molecule has 4 rings (SSSR count). The summed E-state index contributed by atoms with van der Waals surface area (Å²) in [6, 6.07) is 19.7. The molecule has 0 amide bonds. The van der Waals surface area contributed by atoms with Crippen molar-refractivity contribution >= 4 is 21.6 Å². The first kappa shape index (κ1) is 24.3. The van der Waals surface area contributed by atoms with Crippen molar-refractivity contribution in [1.82, 2.24) is 14.9 Å². The van der Waals surface area contributed by atoms with Crippen LogP contribution in [0.3, 0.4) is 0 Å². The molecule has 0 aliphatic heterocycles. The SMILES string of the molecule is COCCN(Cc1nc2scc(-c3ccccc3)c2c(=O)[nH]1)CC(O)COCc1ccccc1. The molecule has 0 aliphatic carbocycles. The lowest BCUT2D eigenvalue weighted by Crippen LogP contribution is -2.37. The van der Waals surface area contributed by atoms with E-state index in [0.717, 1.165) is 16.7 Å². The Morgan fingerprint density at radius 3 is 2.59 bits per heavy atom. The first-order valence-electron chi connectivity index (χ1n) is 11.2. The van der Waals surface area contributed by atoms with Gasteiger partial charge in [-0.15, -0.1) is 11.3 Å². The van der Waals surface area contributed by atoms with Crippen molar-refractivity contribution in [3.63, 3.8) is 0 Å². The van der Waals surface area contributed by atoms with Crippen molar-refractivity contribution in [3.05, 3.63) is 87.8 Å². The van der Waals surface area contributed by atoms with Gasteiger partial charge >= 0.3 is 0 Å². The molecule has 2 heterocycles. The molecule has 1 atom stereocenters. The lowest BCUT2D eigenvalue weighted by molar-refractivity contribution is 0.00437. The molecule has 0 bridgehead atoms. The van der Waals surface area contributed by atoms with Crippen molar-refractivity contribution < 1.29 is 14.6 Å². The zero-order valence-electron chi connectivity index (χ0n) is 19.1. The van der Waals surface area contributed by atoms with Crippen LogP contribution in [-0.2, 0) is 22.6 Å². The first-order chi connectivity index (χ1) is 16.6. The van der Waals surface area contributed by atoms with Gasteiger partial charge < -0.3 is 19.6 Å². The van der Waals surface area contributed by atoms with Gasteiger partial charge in [0.15, 0.2) is 0 Å². The summed E-state index contributed by atoms with van der Waals surface area (Å²) in [7, 11) is 1.64. The topological polar surface area (TPSA) is 87.7 Å². The van der Waals surface area contributed by atoms with Gasteiger partial charge in [0.1, 0.15) is 10.7 Å². The first-order valence-corrected chi connectivity index (χ1v) is 12.1. The van der Waals surface area contributed by atoms with Gasteiger partial charge in [-0.05, 0) is 11.1 Å². The number of fused-ring (bicyclic) bond motifs is 1. The Labute approximate surface area is 202 Å². The number of nitrogens with one attached hydrogen (secondary N) is 1. The van der Waals surface area contributed by atoms with E-state index in [4.69, 9.17) is 14.5 Å². The summed E-state index contributed by atoms with van der Waals surface area (Å²) in [6.07, 6.45) is -0.678. The quantitative estimate of drug-likeness (QED) is 0.322. The van der Waals surface area contributed by atoms with E-state index in [1.54, 1.807) is 7.11 Å². The van der Waals surface area contributed by atoms with Crippen LogP contribution >= 0.6 is 11.3 Å². The van der Waals surface area contributed by atoms with Crippen molar-refractivity contribution in [3.8, 4) is 11.1 Å². The molecule has 2 N–H and O–H groups in total. The molecule has 4 aromatic rings. The maximum absolute atomic E-state index is 12.9. The average Bonchev–Trinajstić information content (AvgIpc) is 3.28. The lowest BCUT2D eigenvalue weighted by atomic mass is 10.1. The third-order valence-corrected chi connectivity index (χ3v) is 6.33. The van der Waals surface area contributed by atoms with Crippen LogP contribution in [-0.4, -0.2) is 59.5 Å². The summed E-state index contributed by atoms with van der Waals surface area (Å²) < 4.78 is 10.9. The molecular formula is C26H29N3O4S. The number of hydrogen-bond acceptors (Lipinski definition) is 7. The van der Waals surface area contributed by atoms with Gasteiger partial charge in [0.25, 0.3) is 5.56 Å². The number of H-pyrrole nitrogens is 1. The molecule has 178 valence electrons. The molecule has 0 spiro atoms. The fraction of sp³-hybridized carbons (Fsp3) is 0.308. The molecule has 2 aromatic carbocycles. The maximum atomic E-state index is 12.9. The molecule has 0 saturated carbocycles. The number of aliphatic hydroxyl groups is 1. The van der Waals surface area contributed by atoms with Crippen LogP contribution in [0.15, 0.2) is 70.8 Å². The van der Waals surface area contributed by atoms with E-state index < -0.39 is 6.10 Å². The van der Waals surface area contributed by atoms with Crippen LogP contribution in [0, 0.1) is 0 Å². The normalized spacial score (nSPS) is 12.4. The summed E-state index contributed by atoms with van der Waals surface area (Å²) in [5.74, 6) is 0.562. The fourth-order valence-corrected chi connectivity index (χ4v) is 4.77. The monoisotopic (exact) mass is 479 g/mol. The van der Waals surface area contributed by atoms with Gasteiger partial charge in [0, 0.05) is 31.1 Å². The molecule has 8 heteroatoms. The smallest absolute Gasteiger partial charge is 0.260 e. The number of aromatic amines is 1. The molecular weight excluding hydrogens is 450 g/mol. The Kier molecular flexibility index (Phi) is 8.56. The van der Waals surface area contributed by atoms with E-state index in [1.165, 1.54) is 11.3 Å². The molecule has 0 fully saturated rings. The maximum Gasteiger partial charge on any atom is 0.260 e. The molecule has 1 unspecified atom stereocenters. The summed E-state index contributed by atoms with van der Waals surface area (Å²) >= 11 is 1.46. The van der Waals surface area contributed by atoms with Crippen LogP contribution in [0.25, 0.3) is 21.3 Å². The van der Waals surface area contributed by atoms with Crippen molar-refractivity contribution in [1.29, 1.82) is 0 Å². The van der Waals surface area contributed by atoms with Gasteiger partial charge in [0.2, 0.25) is 0 Å². The van der Waals surface area contributed by atoms with E-state index in [-0.39, 0.29) is 12.2 Å². The number of aliphatic hydroxyl groups excluding tert-OH is 1. The molecule has 2 aromatic heterocycles. The van der Waals surface area contributed by atoms with Gasteiger partial charge in [0.05, 0.1) is 37.9 Å². The summed E-state index contributed by atoms with van der Waals surface area (Å²) in [4.78, 5) is 23.3. The number of ether oxygens (including phenoxy) is 2. The van der Waals surface area contributed by atoms with Gasteiger partial charge in [-0.2, -0.15) is 0 Å². The number of nitrogens with zero attached hydrogens (tertiary/aromatic N) is 2. The lowest BCUT2D eigenvalue weighted by Gasteiger charge is -2.24. The third-order valence-electron chi connectivity index (χ3n) is 5.45. The Balaban J connectivity index is 1.43. The van der Waals surface area contributed by atoms with Crippen molar-refractivity contribution in [2.45, 2.75) is 19.3 Å². The van der Waals surface area contributed by atoms with Crippen LogP contribution in [0.2, 0.25) is 0 Å². The molecule has 7 nitrogen and oxygen atoms in total. The van der Waals surface area contributed by atoms with E-state index in [1.807, 2.05) is 70.9 Å². The van der Waals surface area contributed by atoms with Crippen molar-refractivity contribution in [2.24, 2.45) is 0 Å². The summed E-state index contributed by atoms with van der Waals surface area (Å²) in [6.45, 7) is 2.52. The minimum atomic E-state index is -0.678. The Morgan fingerprint density at radius 2 is 1.85 bits per heavy atom. The van der Waals surface area contributed by atoms with Gasteiger partial charge in [-0.1, -0.05) is 60.7 Å². The minimum absolute atomic E-state index is 0.154. The zero-order valence-corrected chi connectivity index (χ0v) is 20.0. The highest BCUT2D eigenvalue weighted by Crippen LogP contribution is 2.30. The number of thiophene rings is 1. The Morgan fingerprint density at radius 1 is 1.12 bits per heavy atom.